The summed E-state index contributed by atoms with van der Waals surface area (Å²) in [7, 11) is 0. The topological polar surface area (TPSA) is 666 Å². The minimum absolute atomic E-state index is 0.0204. The number of carboxylic acids is 1. The van der Waals surface area contributed by atoms with Crippen molar-refractivity contribution < 1.29 is 72.2 Å². The SMILES string of the molecule is CC[C@H](C)[C@H](NC(=O)[C@@H](NC(=O)[C@@H]1CCCN1C(=O)[C@H](CC(C)C)NC(=O)[C@H](Cc1ccccc1)NC(=O)[C@H](C)NC(=O)[C@H](CCCCN)NC(=O)[C@H](C)N)[C@@H](C)CC)C(=O)N[C@@H](CCCNC(=N)N)C(=O)N[C@@H](Cc1c[nH]c2ccccc12)C(=O)N[C@@H](CCCCN)C(=O)N[C@@H](CCCCN)C(=O)N[C@@H](CCCNC(=N)N)C(=O)N[C@@H](Cc1c[nH]c2ccccc12)C(=O)O. The van der Waals surface area contributed by atoms with Gasteiger partial charge in [0, 0.05) is 73.1 Å². The molecular formula is C90H141N25O15. The lowest BCUT2D eigenvalue weighted by atomic mass is 9.94. The van der Waals surface area contributed by atoms with Crippen LogP contribution in [0.1, 0.15) is 188 Å². The summed E-state index contributed by atoms with van der Waals surface area (Å²) in [6, 6.07) is 4.93. The van der Waals surface area contributed by atoms with Crippen LogP contribution in [0.5, 0.6) is 0 Å². The van der Waals surface area contributed by atoms with Gasteiger partial charge in [0.05, 0.1) is 6.04 Å². The molecule has 40 nitrogen and oxygen atoms in total. The van der Waals surface area contributed by atoms with E-state index in [2.05, 4.69) is 84.4 Å². The van der Waals surface area contributed by atoms with Crippen LogP contribution in [0.4, 0.5) is 0 Å². The minimum Gasteiger partial charge on any atom is -0.480 e. The zero-order chi connectivity index (χ0) is 95.7. The summed E-state index contributed by atoms with van der Waals surface area (Å²) in [4.78, 5) is 211. The van der Waals surface area contributed by atoms with Gasteiger partial charge in [-0.1, -0.05) is 121 Å². The molecule has 40 heteroatoms. The third kappa shape index (κ3) is 34.3. The lowest BCUT2D eigenvalue weighted by Crippen LogP contribution is -2.62. The molecule has 130 heavy (non-hydrogen) atoms. The highest BCUT2D eigenvalue weighted by molar-refractivity contribution is 6.01. The molecule has 1 fully saturated rings. The molecule has 3 aromatic carbocycles. The van der Waals surface area contributed by atoms with Crippen LogP contribution in [0.25, 0.3) is 21.8 Å². The largest absolute Gasteiger partial charge is 0.480 e. The molecule has 0 saturated carbocycles. The van der Waals surface area contributed by atoms with Crippen molar-refractivity contribution in [3.63, 3.8) is 0 Å². The van der Waals surface area contributed by atoms with E-state index in [0.29, 0.717) is 85.5 Å². The van der Waals surface area contributed by atoms with Crippen molar-refractivity contribution >= 4 is 116 Å². The Morgan fingerprint density at radius 3 is 1.24 bits per heavy atom. The van der Waals surface area contributed by atoms with Gasteiger partial charge in [0.1, 0.15) is 78.5 Å². The summed E-state index contributed by atoms with van der Waals surface area (Å²) in [5.41, 5.74) is 37.9. The molecule has 16 atom stereocenters. The summed E-state index contributed by atoms with van der Waals surface area (Å²) in [6.45, 7) is 14.5. The first-order valence-corrected chi connectivity index (χ1v) is 45.4. The third-order valence-corrected chi connectivity index (χ3v) is 23.2. The molecule has 5 aromatic rings. The number of amides is 13. The molecule has 13 amide bonds. The second kappa shape index (κ2) is 54.9. The van der Waals surface area contributed by atoms with E-state index >= 15 is 28.8 Å². The number of para-hydroxylation sites is 2. The Balaban J connectivity index is 1.24. The number of H-pyrrole nitrogens is 2. The van der Waals surface area contributed by atoms with E-state index < -0.39 is 179 Å². The molecule has 0 spiro atoms. The fourth-order valence-electron chi connectivity index (χ4n) is 15.4. The number of aromatic nitrogens is 2. The number of rotatable bonds is 58. The Morgan fingerprint density at radius 1 is 0.431 bits per heavy atom. The second-order valence-corrected chi connectivity index (χ2v) is 34.1. The maximum Gasteiger partial charge on any atom is 0.326 e. The van der Waals surface area contributed by atoms with E-state index in [1.165, 1.54) is 18.7 Å². The number of nitrogens with two attached hydrogens (primary N) is 6. The highest BCUT2D eigenvalue weighted by Crippen LogP contribution is 2.26. The smallest absolute Gasteiger partial charge is 0.326 e. The molecule has 31 N–H and O–H groups in total. The lowest BCUT2D eigenvalue weighted by molar-refractivity contribution is -0.143. The van der Waals surface area contributed by atoms with Crippen LogP contribution < -0.4 is 109 Å². The number of carbonyl (C=O) groups is 14. The van der Waals surface area contributed by atoms with E-state index in [9.17, 15) is 43.5 Å². The molecule has 2 aromatic heterocycles. The van der Waals surface area contributed by atoms with Gasteiger partial charge in [0.15, 0.2) is 11.9 Å². The van der Waals surface area contributed by atoms with Crippen LogP contribution in [-0.2, 0) is 86.4 Å². The van der Waals surface area contributed by atoms with Crippen molar-refractivity contribution in [2.45, 2.75) is 275 Å². The van der Waals surface area contributed by atoms with Gasteiger partial charge >= 0.3 is 5.97 Å². The van der Waals surface area contributed by atoms with Crippen molar-refractivity contribution in [1.29, 1.82) is 10.8 Å². The summed E-state index contributed by atoms with van der Waals surface area (Å²) < 4.78 is 0. The number of aliphatic carboxylic acids is 1. The van der Waals surface area contributed by atoms with Gasteiger partial charge in [0.2, 0.25) is 76.8 Å². The van der Waals surface area contributed by atoms with Gasteiger partial charge in [-0.15, -0.1) is 0 Å². The van der Waals surface area contributed by atoms with Gasteiger partial charge in [-0.25, -0.2) is 4.79 Å². The van der Waals surface area contributed by atoms with Gasteiger partial charge in [-0.3, -0.25) is 73.1 Å². The summed E-state index contributed by atoms with van der Waals surface area (Å²) in [5, 5.41) is 66.1. The number of carboxylic acid groups (broad SMARTS) is 1. The van der Waals surface area contributed by atoms with E-state index in [0.717, 1.165) is 10.9 Å². The number of benzene rings is 3. The molecule has 3 heterocycles. The van der Waals surface area contributed by atoms with Gasteiger partial charge in [-0.05, 0) is 183 Å². The Labute approximate surface area is 759 Å². The highest BCUT2D eigenvalue weighted by atomic mass is 16.4. The zero-order valence-corrected chi connectivity index (χ0v) is 76.1. The summed E-state index contributed by atoms with van der Waals surface area (Å²) >= 11 is 0. The third-order valence-electron chi connectivity index (χ3n) is 23.2. The maximum atomic E-state index is 15.4. The number of likely N-dealkylation sites (tertiary alicyclic amines) is 1. The predicted octanol–water partition coefficient (Wildman–Crippen LogP) is -0.0108. The molecule has 0 aliphatic carbocycles. The van der Waals surface area contributed by atoms with E-state index in [-0.39, 0.29) is 134 Å². The number of unbranched alkanes of at least 4 members (excludes halogenated alkanes) is 3. The van der Waals surface area contributed by atoms with E-state index in [1.807, 2.05) is 32.0 Å². The molecule has 0 bridgehead atoms. The number of hydrogen-bond donors (Lipinski definition) is 25. The summed E-state index contributed by atoms with van der Waals surface area (Å²) in [5.74, 6) is -13.5. The molecule has 716 valence electrons. The standard InChI is InChI=1S/C90H141N25O15/c1-9-52(5)73(114-86(127)74(53(6)10-2)113-84(125)72-38-26-44-115(72)87(128)70(45-51(3)4)111-82(123)68(46-56-27-12-11-13-28-56)109-76(117)55(8)103-77(118)63(33-18-21-39-91)104-75(116)54(7)94)85(126)108-67(37-25-43-100-90(97)98)80(121)110-69(47-57-49-101-61-31-16-14-29-59(57)61)83(124)107-65(35-20-23-41-93)79(120)105-64(34-19-22-40-92)78(119)106-66(36-24-42-99-89(95)96)81(122)112-71(88(129)130)48-58-50-102-62-32-17-15-30-60(58)62/h11-17,27-32,49-55,63-74,101-102H,9-10,18-26,33-48,91-94H2,1-8H3,(H,103,118)(H,104,116)(H,105,120)(H,106,119)(H,107,124)(H,108,126)(H,109,117)(H,110,121)(H,111,123)(H,112,122)(H,113,125)(H,114,127)(H,129,130)(H4,95,96,99)(H4,97,98,100)/t52-,53-,54-,55-,63-,64-,65-,66-,67-,68-,69-,70-,71-,72-,73-,74-/m0/s1. The predicted molar refractivity (Wildman–Crippen MR) is 494 cm³/mol. The normalized spacial score (nSPS) is 16.0. The number of carbonyl (C=O) groups excluding carboxylic acids is 13. The molecule has 1 saturated heterocycles. The van der Waals surface area contributed by atoms with Crippen LogP contribution in [0.2, 0.25) is 0 Å². The molecule has 0 unspecified atom stereocenters. The van der Waals surface area contributed by atoms with Crippen molar-refractivity contribution in [2.24, 2.45) is 52.2 Å². The van der Waals surface area contributed by atoms with Crippen molar-refractivity contribution in [1.82, 2.24) is 89.3 Å². The quantitative estimate of drug-likeness (QED) is 0.0138. The molecule has 1 aliphatic heterocycles. The van der Waals surface area contributed by atoms with Crippen LogP contribution in [0, 0.1) is 28.6 Å². The Kier molecular flexibility index (Phi) is 45.0. The summed E-state index contributed by atoms with van der Waals surface area (Å²) in [6.07, 6.45) is 6.72. The minimum atomic E-state index is -1.52. The average Bonchev–Trinajstić information content (AvgIpc) is 1.67. The Hall–Kier alpha value is -12.3. The lowest BCUT2D eigenvalue weighted by Gasteiger charge is -2.33. The van der Waals surface area contributed by atoms with E-state index in [1.54, 1.807) is 101 Å². The first kappa shape index (κ1) is 106. The van der Waals surface area contributed by atoms with Crippen molar-refractivity contribution in [3.8, 4) is 0 Å². The maximum absolute atomic E-state index is 15.4. The van der Waals surface area contributed by atoms with E-state index in [4.69, 9.17) is 45.2 Å². The fraction of sp³-hybridized carbons (Fsp3) is 0.578. The number of aromatic amines is 2. The fourth-order valence-corrected chi connectivity index (χ4v) is 15.4. The first-order chi connectivity index (χ1) is 62.0. The van der Waals surface area contributed by atoms with Crippen molar-refractivity contribution in [2.75, 3.05) is 39.3 Å². The van der Waals surface area contributed by atoms with Crippen LogP contribution >= 0.6 is 0 Å². The first-order valence-electron chi connectivity index (χ1n) is 45.4. The molecule has 1 aliphatic rings. The Bertz CT molecular complexity index is 4580. The number of guanidine groups is 2. The zero-order valence-electron chi connectivity index (χ0n) is 76.1. The van der Waals surface area contributed by atoms with Crippen molar-refractivity contribution in [3.05, 3.63) is 108 Å². The molecule has 0 radical (unpaired) electrons. The molecular weight excluding hydrogens is 1670 g/mol. The molecule has 6 rings (SSSR count). The van der Waals surface area contributed by atoms with Gasteiger partial charge < -0.3 is 129 Å². The van der Waals surface area contributed by atoms with Gasteiger partial charge in [0.25, 0.3) is 0 Å². The highest BCUT2D eigenvalue weighted by Gasteiger charge is 2.43. The monoisotopic (exact) mass is 1810 g/mol. The number of nitrogens with one attached hydrogen (secondary N) is 18. The van der Waals surface area contributed by atoms with Crippen LogP contribution in [0.15, 0.2) is 91.3 Å². The average molecular weight is 1810 g/mol. The number of nitrogens with zero attached hydrogens (tertiary/aromatic N) is 1. The van der Waals surface area contributed by atoms with Crippen LogP contribution in [0.3, 0.4) is 0 Å². The van der Waals surface area contributed by atoms with Gasteiger partial charge in [-0.2, -0.15) is 0 Å². The Morgan fingerprint density at radius 2 is 0.800 bits per heavy atom. The second-order valence-electron chi connectivity index (χ2n) is 34.1. The number of hydrogen-bond acceptors (Lipinski definition) is 20. The van der Waals surface area contributed by atoms with Crippen LogP contribution in [-0.4, -0.2) is 239 Å². The number of fused-ring (bicyclic) bond motifs is 2.